The fourth-order valence-electron chi connectivity index (χ4n) is 4.68. The molecule has 0 bridgehead atoms. The van der Waals surface area contributed by atoms with Gasteiger partial charge in [-0.05, 0) is 42.4 Å². The number of rotatable bonds is 3. The molecule has 0 radical (unpaired) electrons. The Balaban J connectivity index is 1.53. The molecule has 1 aliphatic heterocycles. The van der Waals surface area contributed by atoms with Crippen molar-refractivity contribution in [2.45, 2.75) is 31.4 Å². The summed E-state index contributed by atoms with van der Waals surface area (Å²) < 4.78 is 0. The lowest BCUT2D eigenvalue weighted by atomic mass is 9.67. The van der Waals surface area contributed by atoms with E-state index in [1.54, 1.807) is 0 Å². The van der Waals surface area contributed by atoms with E-state index in [1.165, 1.54) is 6.42 Å². The number of hydrogen-bond acceptors (Lipinski definition) is 3. The second-order valence-electron chi connectivity index (χ2n) is 7.28. The van der Waals surface area contributed by atoms with Gasteiger partial charge in [0.2, 0.25) is 0 Å². The summed E-state index contributed by atoms with van der Waals surface area (Å²) in [6.45, 7) is 2.80. The van der Waals surface area contributed by atoms with Crippen LogP contribution in [0.1, 0.15) is 36.1 Å². The lowest BCUT2D eigenvalue weighted by Crippen LogP contribution is -2.42. The first kappa shape index (κ1) is 15.4. The van der Waals surface area contributed by atoms with E-state index < -0.39 is 5.60 Å². The van der Waals surface area contributed by atoms with Crippen molar-refractivity contribution in [1.82, 2.24) is 9.88 Å². The number of hydrogen-bond donors (Lipinski definition) is 2. The lowest BCUT2D eigenvalue weighted by Gasteiger charge is -2.41. The van der Waals surface area contributed by atoms with Crippen LogP contribution in [-0.4, -0.2) is 28.1 Å². The number of nitrogens with one attached hydrogen (secondary N) is 1. The minimum atomic E-state index is -0.700. The van der Waals surface area contributed by atoms with Crippen molar-refractivity contribution in [3.05, 3.63) is 59.4 Å². The Hall–Kier alpha value is -2.09. The molecule has 4 heteroatoms. The molecule has 24 heavy (non-hydrogen) atoms. The molecule has 1 saturated heterocycles. The highest BCUT2D eigenvalue weighted by atomic mass is 16.3. The fourth-order valence-corrected chi connectivity index (χ4v) is 4.68. The molecule has 1 aromatic heterocycles. The van der Waals surface area contributed by atoms with E-state index in [0.29, 0.717) is 17.5 Å². The number of H-pyrrole nitrogens is 1. The zero-order valence-electron chi connectivity index (χ0n) is 13.8. The Morgan fingerprint density at radius 3 is 2.88 bits per heavy atom. The van der Waals surface area contributed by atoms with Gasteiger partial charge in [0, 0.05) is 31.7 Å². The summed E-state index contributed by atoms with van der Waals surface area (Å²) in [5.74, 6) is 0.848. The van der Waals surface area contributed by atoms with Crippen molar-refractivity contribution >= 4 is 0 Å². The highest BCUT2D eigenvalue weighted by Gasteiger charge is 2.49. The molecule has 0 spiro atoms. The number of benzene rings is 1. The molecule has 2 aliphatic rings. The third kappa shape index (κ3) is 2.64. The Kier molecular flexibility index (Phi) is 3.91. The smallest absolute Gasteiger partial charge is 0.117 e. The maximum Gasteiger partial charge on any atom is 0.117 e. The number of nitriles is 1. The molecule has 2 fully saturated rings. The van der Waals surface area contributed by atoms with E-state index in [-0.39, 0.29) is 0 Å². The van der Waals surface area contributed by atoms with Gasteiger partial charge >= 0.3 is 0 Å². The number of aliphatic hydroxyl groups is 1. The maximum atomic E-state index is 11.5. The molecule has 1 aliphatic carbocycles. The van der Waals surface area contributed by atoms with Crippen LogP contribution in [0.4, 0.5) is 0 Å². The van der Waals surface area contributed by atoms with E-state index in [0.717, 1.165) is 43.6 Å². The van der Waals surface area contributed by atoms with Gasteiger partial charge in [-0.25, -0.2) is 0 Å². The first-order chi connectivity index (χ1) is 11.7. The monoisotopic (exact) mass is 321 g/mol. The molecule has 2 N–H and O–H groups in total. The van der Waals surface area contributed by atoms with Gasteiger partial charge in [-0.1, -0.05) is 30.3 Å². The Morgan fingerprint density at radius 2 is 2.12 bits per heavy atom. The third-order valence-electron chi connectivity index (χ3n) is 5.81. The Morgan fingerprint density at radius 1 is 1.29 bits per heavy atom. The molecule has 0 unspecified atom stereocenters. The second kappa shape index (κ2) is 6.08. The van der Waals surface area contributed by atoms with Crippen LogP contribution < -0.4 is 0 Å². The topological polar surface area (TPSA) is 63.1 Å². The van der Waals surface area contributed by atoms with Crippen LogP contribution in [0.25, 0.3) is 0 Å². The van der Waals surface area contributed by atoms with Crippen LogP contribution in [0.5, 0.6) is 0 Å². The first-order valence-electron chi connectivity index (χ1n) is 8.77. The predicted molar refractivity (Wildman–Crippen MR) is 92.0 cm³/mol. The van der Waals surface area contributed by atoms with Gasteiger partial charge in [0.05, 0.1) is 5.60 Å². The van der Waals surface area contributed by atoms with Gasteiger partial charge in [0.1, 0.15) is 11.8 Å². The molecule has 124 valence electrons. The number of nitrogens with zero attached hydrogens (tertiary/aromatic N) is 2. The van der Waals surface area contributed by atoms with E-state index in [2.05, 4.69) is 28.1 Å². The fraction of sp³-hybridized carbons (Fsp3) is 0.450. The zero-order chi connectivity index (χ0) is 16.6. The average Bonchev–Trinajstić information content (AvgIpc) is 3.23. The molecule has 4 rings (SSSR count). The van der Waals surface area contributed by atoms with Crippen molar-refractivity contribution in [1.29, 1.82) is 5.26 Å². The standard InChI is InChI=1S/C20H23N3O/c21-10-18-9-15(11-22-18)12-23-13-16-5-4-8-20(24,19(16)14-23)17-6-2-1-3-7-17/h1-3,6-7,9,11,16,19,22,24H,4-5,8,12-14H2/t16-,19+,20+/m0/s1. The van der Waals surface area contributed by atoms with Crippen molar-refractivity contribution in [2.24, 2.45) is 11.8 Å². The van der Waals surface area contributed by atoms with E-state index in [4.69, 9.17) is 5.26 Å². The van der Waals surface area contributed by atoms with Crippen molar-refractivity contribution < 1.29 is 5.11 Å². The summed E-state index contributed by atoms with van der Waals surface area (Å²) in [5.41, 5.74) is 2.13. The molecule has 2 aromatic rings. The Bertz CT molecular complexity index is 748. The van der Waals surface area contributed by atoms with Crippen molar-refractivity contribution in [3.8, 4) is 6.07 Å². The van der Waals surface area contributed by atoms with E-state index in [9.17, 15) is 5.11 Å². The van der Waals surface area contributed by atoms with Gasteiger partial charge in [-0.2, -0.15) is 5.26 Å². The molecular weight excluding hydrogens is 298 g/mol. The highest BCUT2D eigenvalue weighted by molar-refractivity contribution is 5.27. The SMILES string of the molecule is N#Cc1cc(CN2C[C@@H]3CCC[C@@](O)(c4ccccc4)[C@@H]3C2)c[nH]1. The van der Waals surface area contributed by atoms with Crippen molar-refractivity contribution in [2.75, 3.05) is 13.1 Å². The second-order valence-corrected chi connectivity index (χ2v) is 7.28. The number of aromatic amines is 1. The summed E-state index contributed by atoms with van der Waals surface area (Å²) in [7, 11) is 0. The Labute approximate surface area is 142 Å². The quantitative estimate of drug-likeness (QED) is 0.913. The van der Waals surface area contributed by atoms with Crippen molar-refractivity contribution in [3.63, 3.8) is 0 Å². The maximum absolute atomic E-state index is 11.5. The predicted octanol–water partition coefficient (Wildman–Crippen LogP) is 3.01. The first-order valence-corrected chi connectivity index (χ1v) is 8.77. The summed E-state index contributed by atoms with van der Waals surface area (Å²) in [6.07, 6.45) is 5.06. The third-order valence-corrected chi connectivity index (χ3v) is 5.81. The van der Waals surface area contributed by atoms with Crippen LogP contribution in [0.3, 0.4) is 0 Å². The normalized spacial score (nSPS) is 30.0. The van der Waals surface area contributed by atoms with Gasteiger partial charge < -0.3 is 10.1 Å². The van der Waals surface area contributed by atoms with Gasteiger partial charge in [-0.3, -0.25) is 4.90 Å². The van der Waals surface area contributed by atoms with Crippen LogP contribution in [0.15, 0.2) is 42.6 Å². The van der Waals surface area contributed by atoms with Crippen LogP contribution in [0, 0.1) is 23.2 Å². The highest BCUT2D eigenvalue weighted by Crippen LogP contribution is 2.48. The largest absolute Gasteiger partial charge is 0.385 e. The summed E-state index contributed by atoms with van der Waals surface area (Å²) in [6, 6.07) is 14.2. The van der Waals surface area contributed by atoms with E-state index in [1.807, 2.05) is 30.5 Å². The molecule has 2 heterocycles. The number of aromatic nitrogens is 1. The van der Waals surface area contributed by atoms with Crippen LogP contribution >= 0.6 is 0 Å². The lowest BCUT2D eigenvalue weighted by molar-refractivity contribution is -0.0648. The molecule has 1 aromatic carbocycles. The minimum absolute atomic E-state index is 0.294. The molecule has 1 saturated carbocycles. The number of fused-ring (bicyclic) bond motifs is 1. The number of likely N-dealkylation sites (tertiary alicyclic amines) is 1. The molecule has 0 amide bonds. The van der Waals surface area contributed by atoms with Crippen LogP contribution in [0.2, 0.25) is 0 Å². The molecule has 4 nitrogen and oxygen atoms in total. The zero-order valence-corrected chi connectivity index (χ0v) is 13.8. The summed E-state index contributed by atoms with van der Waals surface area (Å²) in [5, 5.41) is 20.4. The van der Waals surface area contributed by atoms with Gasteiger partial charge in [0.15, 0.2) is 0 Å². The van der Waals surface area contributed by atoms with Crippen LogP contribution in [-0.2, 0) is 12.1 Å². The average molecular weight is 321 g/mol. The van der Waals surface area contributed by atoms with E-state index >= 15 is 0 Å². The van der Waals surface area contributed by atoms with Gasteiger partial charge in [0.25, 0.3) is 0 Å². The molecular formula is C20H23N3O. The summed E-state index contributed by atoms with van der Waals surface area (Å²) in [4.78, 5) is 5.43. The summed E-state index contributed by atoms with van der Waals surface area (Å²) >= 11 is 0. The molecule has 3 atom stereocenters. The van der Waals surface area contributed by atoms with Gasteiger partial charge in [-0.15, -0.1) is 0 Å². The minimum Gasteiger partial charge on any atom is -0.385 e.